The quantitative estimate of drug-likeness (QED) is 0.430. The lowest BCUT2D eigenvalue weighted by Gasteiger charge is -2.13. The van der Waals surface area contributed by atoms with E-state index in [-0.39, 0.29) is 15.6 Å². The van der Waals surface area contributed by atoms with Crippen LogP contribution in [0, 0.1) is 20.8 Å². The molecule has 160 valence electrons. The van der Waals surface area contributed by atoms with E-state index in [1.54, 1.807) is 24.3 Å². The molecule has 5 aromatic rings. The number of nitrogens with zero attached hydrogens (tertiary/aromatic N) is 4. The highest BCUT2D eigenvalue weighted by atomic mass is 32.2. The smallest absolute Gasteiger partial charge is 0.229 e. The Morgan fingerprint density at radius 2 is 1.59 bits per heavy atom. The lowest BCUT2D eigenvalue weighted by Crippen LogP contribution is -2.06. The average molecular weight is 444 g/mol. The zero-order chi connectivity index (χ0) is 22.5. The molecule has 5 rings (SSSR count). The Morgan fingerprint density at radius 1 is 0.875 bits per heavy atom. The minimum atomic E-state index is -3.90. The van der Waals surface area contributed by atoms with E-state index in [1.165, 1.54) is 4.52 Å². The van der Waals surface area contributed by atoms with Crippen molar-refractivity contribution in [3.63, 3.8) is 0 Å². The second-order valence-electron chi connectivity index (χ2n) is 7.87. The Hall–Kier alpha value is -3.78. The van der Waals surface area contributed by atoms with Crippen molar-refractivity contribution in [3.8, 4) is 0 Å². The van der Waals surface area contributed by atoms with Gasteiger partial charge in [0, 0.05) is 11.1 Å². The van der Waals surface area contributed by atoms with Crippen LogP contribution in [0.15, 0.2) is 76.7 Å². The molecule has 0 bridgehead atoms. The molecule has 2 aromatic heterocycles. The number of aryl methyl sites for hydroxylation is 3. The fourth-order valence-electron chi connectivity index (χ4n) is 3.64. The van der Waals surface area contributed by atoms with Gasteiger partial charge in [0.25, 0.3) is 0 Å². The SMILES string of the molecule is Cc1ccc(S(=O)(=O)c2nnn3c2nc(Nc2cc(C)ccc2C)c2ccccc23)cc1. The molecule has 0 unspecified atom stereocenters. The number of aromatic nitrogens is 4. The molecule has 0 fully saturated rings. The van der Waals surface area contributed by atoms with Crippen LogP contribution in [0.5, 0.6) is 0 Å². The first-order valence-electron chi connectivity index (χ1n) is 10.1. The van der Waals surface area contributed by atoms with Crippen molar-refractivity contribution in [1.82, 2.24) is 19.8 Å². The van der Waals surface area contributed by atoms with Crippen LogP contribution in [0.25, 0.3) is 16.6 Å². The van der Waals surface area contributed by atoms with Crippen molar-refractivity contribution in [2.24, 2.45) is 0 Å². The molecule has 0 aliphatic rings. The van der Waals surface area contributed by atoms with Gasteiger partial charge in [-0.1, -0.05) is 47.2 Å². The van der Waals surface area contributed by atoms with E-state index in [9.17, 15) is 8.42 Å². The zero-order valence-corrected chi connectivity index (χ0v) is 18.7. The van der Waals surface area contributed by atoms with Gasteiger partial charge in [-0.3, -0.25) is 0 Å². The summed E-state index contributed by atoms with van der Waals surface area (Å²) in [7, 11) is -3.90. The second-order valence-corrected chi connectivity index (χ2v) is 9.73. The number of nitrogens with one attached hydrogen (secondary N) is 1. The Balaban J connectivity index is 1.75. The number of hydrogen-bond acceptors (Lipinski definition) is 6. The Labute approximate surface area is 185 Å². The lowest BCUT2D eigenvalue weighted by molar-refractivity contribution is 0.592. The summed E-state index contributed by atoms with van der Waals surface area (Å²) in [5.41, 5.74) is 4.93. The van der Waals surface area contributed by atoms with Crippen molar-refractivity contribution in [2.75, 3.05) is 5.32 Å². The number of fused-ring (bicyclic) bond motifs is 3. The number of hydrogen-bond donors (Lipinski definition) is 1. The maximum Gasteiger partial charge on any atom is 0.229 e. The molecule has 1 N–H and O–H groups in total. The predicted octanol–water partition coefficient (Wildman–Crippen LogP) is 4.78. The van der Waals surface area contributed by atoms with Gasteiger partial charge in [0.05, 0.1) is 10.4 Å². The monoisotopic (exact) mass is 443 g/mol. The first kappa shape index (κ1) is 20.1. The number of anilines is 2. The summed E-state index contributed by atoms with van der Waals surface area (Å²) < 4.78 is 28.2. The van der Waals surface area contributed by atoms with Crippen LogP contribution >= 0.6 is 0 Å². The van der Waals surface area contributed by atoms with E-state index in [2.05, 4.69) is 20.6 Å². The topological polar surface area (TPSA) is 89.2 Å². The Kier molecular flexibility index (Phi) is 4.67. The molecule has 8 heteroatoms. The van der Waals surface area contributed by atoms with Crippen LogP contribution in [0.1, 0.15) is 16.7 Å². The molecule has 0 saturated carbocycles. The predicted molar refractivity (Wildman–Crippen MR) is 124 cm³/mol. The van der Waals surface area contributed by atoms with E-state index in [4.69, 9.17) is 0 Å². The van der Waals surface area contributed by atoms with Crippen molar-refractivity contribution in [3.05, 3.63) is 83.4 Å². The Morgan fingerprint density at radius 3 is 2.38 bits per heavy atom. The molecular weight excluding hydrogens is 422 g/mol. The zero-order valence-electron chi connectivity index (χ0n) is 17.9. The molecule has 0 amide bonds. The van der Waals surface area contributed by atoms with Gasteiger partial charge < -0.3 is 5.32 Å². The van der Waals surface area contributed by atoms with Gasteiger partial charge in [0.1, 0.15) is 5.82 Å². The molecule has 0 aliphatic carbocycles. The standard InChI is InChI=1S/C24H21N5O2S/c1-15-9-12-18(13-10-15)32(30,31)24-23-26-22(25-20-14-16(2)8-11-17(20)3)19-6-4-5-7-21(19)29(23)28-27-24/h4-14H,1-3H3,(H,25,26). The molecule has 7 nitrogen and oxygen atoms in total. The summed E-state index contributed by atoms with van der Waals surface area (Å²) in [5.74, 6) is 0.546. The van der Waals surface area contributed by atoms with Gasteiger partial charge >= 0.3 is 0 Å². The number of rotatable bonds is 4. The molecule has 0 spiro atoms. The van der Waals surface area contributed by atoms with Gasteiger partial charge in [-0.2, -0.15) is 4.52 Å². The highest BCUT2D eigenvalue weighted by Gasteiger charge is 2.27. The molecule has 0 atom stereocenters. The first-order valence-corrected chi connectivity index (χ1v) is 11.6. The van der Waals surface area contributed by atoms with Crippen LogP contribution in [0.2, 0.25) is 0 Å². The third kappa shape index (κ3) is 3.29. The molecule has 2 heterocycles. The minimum Gasteiger partial charge on any atom is -0.339 e. The number of benzene rings is 3. The van der Waals surface area contributed by atoms with Crippen LogP contribution in [-0.2, 0) is 9.84 Å². The third-order valence-corrected chi connectivity index (χ3v) is 7.12. The van der Waals surface area contributed by atoms with E-state index in [0.29, 0.717) is 11.3 Å². The molecular formula is C24H21N5O2S. The molecule has 0 saturated heterocycles. The van der Waals surface area contributed by atoms with Crippen molar-refractivity contribution in [1.29, 1.82) is 0 Å². The van der Waals surface area contributed by atoms with Crippen LogP contribution in [-0.4, -0.2) is 28.2 Å². The lowest BCUT2D eigenvalue weighted by atomic mass is 10.1. The van der Waals surface area contributed by atoms with Crippen LogP contribution < -0.4 is 5.32 Å². The summed E-state index contributed by atoms with van der Waals surface area (Å²) in [6.07, 6.45) is 0. The third-order valence-electron chi connectivity index (χ3n) is 5.45. The van der Waals surface area contributed by atoms with E-state index in [0.717, 1.165) is 27.8 Å². The summed E-state index contributed by atoms with van der Waals surface area (Å²) in [4.78, 5) is 4.84. The molecule has 32 heavy (non-hydrogen) atoms. The summed E-state index contributed by atoms with van der Waals surface area (Å²) in [6, 6.07) is 20.4. The molecule has 0 radical (unpaired) electrons. The normalized spacial score (nSPS) is 11.8. The second kappa shape index (κ2) is 7.42. The Bertz CT molecular complexity index is 1590. The number of sulfone groups is 1. The van der Waals surface area contributed by atoms with E-state index in [1.807, 2.05) is 63.2 Å². The van der Waals surface area contributed by atoms with Crippen LogP contribution in [0.4, 0.5) is 11.5 Å². The van der Waals surface area contributed by atoms with Gasteiger partial charge in [0.2, 0.25) is 14.9 Å². The van der Waals surface area contributed by atoms with E-state index >= 15 is 0 Å². The highest BCUT2D eigenvalue weighted by molar-refractivity contribution is 7.91. The van der Waals surface area contributed by atoms with Gasteiger partial charge in [-0.05, 0) is 62.2 Å². The first-order chi connectivity index (χ1) is 15.3. The maximum absolute atomic E-state index is 13.3. The minimum absolute atomic E-state index is 0.157. The summed E-state index contributed by atoms with van der Waals surface area (Å²) in [6.45, 7) is 5.94. The van der Waals surface area contributed by atoms with Crippen LogP contribution in [0.3, 0.4) is 0 Å². The van der Waals surface area contributed by atoms with Gasteiger partial charge in [-0.15, -0.1) is 5.10 Å². The highest BCUT2D eigenvalue weighted by Crippen LogP contribution is 2.30. The van der Waals surface area contributed by atoms with Gasteiger partial charge in [0.15, 0.2) is 5.65 Å². The van der Waals surface area contributed by atoms with E-state index < -0.39 is 9.84 Å². The largest absolute Gasteiger partial charge is 0.339 e. The number of para-hydroxylation sites is 1. The summed E-state index contributed by atoms with van der Waals surface area (Å²) in [5, 5.41) is 12.2. The fraction of sp³-hybridized carbons (Fsp3) is 0.125. The average Bonchev–Trinajstić information content (AvgIpc) is 3.22. The van der Waals surface area contributed by atoms with Crippen molar-refractivity contribution < 1.29 is 8.42 Å². The fourth-order valence-corrected chi connectivity index (χ4v) is 4.88. The summed E-state index contributed by atoms with van der Waals surface area (Å²) >= 11 is 0. The molecule has 0 aliphatic heterocycles. The van der Waals surface area contributed by atoms with Crippen molar-refractivity contribution in [2.45, 2.75) is 30.7 Å². The van der Waals surface area contributed by atoms with Gasteiger partial charge in [-0.25, -0.2) is 13.4 Å². The van der Waals surface area contributed by atoms with Crippen molar-refractivity contribution >= 4 is 37.9 Å². The molecule has 3 aromatic carbocycles. The maximum atomic E-state index is 13.3.